The fourth-order valence-electron chi connectivity index (χ4n) is 1.09. The van der Waals surface area contributed by atoms with Crippen molar-refractivity contribution in [1.29, 1.82) is 0 Å². The molecule has 0 aliphatic carbocycles. The Hall–Kier alpha value is -2.17. The second kappa shape index (κ2) is 3.91. The molecule has 1 aliphatic rings. The summed E-state index contributed by atoms with van der Waals surface area (Å²) in [6, 6.07) is 8.92. The van der Waals surface area contributed by atoms with Gasteiger partial charge in [0.2, 0.25) is 5.70 Å². The lowest BCUT2D eigenvalue weighted by atomic mass is 10.3. The van der Waals surface area contributed by atoms with Gasteiger partial charge in [-0.3, -0.25) is 0 Å². The number of hydrogen-bond donors (Lipinski definition) is 1. The van der Waals surface area contributed by atoms with E-state index in [0.717, 1.165) is 0 Å². The molecule has 0 unspecified atom stereocenters. The molecule has 5 nitrogen and oxygen atoms in total. The fraction of sp³-hybridized carbons (Fsp3) is 0.100. The molecule has 0 spiro atoms. The van der Waals surface area contributed by atoms with E-state index in [0.29, 0.717) is 5.69 Å². The number of hydrogen-bond acceptors (Lipinski definition) is 5. The van der Waals surface area contributed by atoms with E-state index in [9.17, 15) is 9.90 Å². The topological polar surface area (TPSA) is 71.2 Å². The third kappa shape index (κ3) is 2.01. The summed E-state index contributed by atoms with van der Waals surface area (Å²) in [5.74, 6) is -0.827. The number of aliphatic hydroxyl groups is 1. The Morgan fingerprint density at radius 2 is 1.93 bits per heavy atom. The summed E-state index contributed by atoms with van der Waals surface area (Å²) in [6.07, 6.45) is 0. The van der Waals surface area contributed by atoms with Crippen LogP contribution in [-0.2, 0) is 9.53 Å². The number of rotatable bonds is 2. The summed E-state index contributed by atoms with van der Waals surface area (Å²) in [5.41, 5.74) is 0.483. The molecule has 0 fully saturated rings. The van der Waals surface area contributed by atoms with E-state index in [1.54, 1.807) is 24.3 Å². The zero-order valence-electron chi connectivity index (χ0n) is 7.75. The zero-order valence-corrected chi connectivity index (χ0v) is 7.75. The van der Waals surface area contributed by atoms with E-state index in [-0.39, 0.29) is 18.1 Å². The maximum Gasteiger partial charge on any atom is 0.362 e. The minimum Gasteiger partial charge on any atom is -0.506 e. The van der Waals surface area contributed by atoms with Crippen molar-refractivity contribution in [2.45, 2.75) is 0 Å². The van der Waals surface area contributed by atoms with Gasteiger partial charge >= 0.3 is 5.97 Å². The molecule has 15 heavy (non-hydrogen) atoms. The average molecular weight is 204 g/mol. The van der Waals surface area contributed by atoms with Crippen molar-refractivity contribution < 1.29 is 14.6 Å². The molecule has 1 aliphatic heterocycles. The third-order valence-electron chi connectivity index (χ3n) is 1.83. The van der Waals surface area contributed by atoms with Gasteiger partial charge in [0.15, 0.2) is 12.4 Å². The highest BCUT2D eigenvalue weighted by Crippen LogP contribution is 2.18. The largest absolute Gasteiger partial charge is 0.506 e. The molecule has 0 aromatic heterocycles. The van der Waals surface area contributed by atoms with E-state index in [1.165, 1.54) is 0 Å². The van der Waals surface area contributed by atoms with Gasteiger partial charge in [-0.1, -0.05) is 18.2 Å². The Labute approximate surface area is 85.7 Å². The van der Waals surface area contributed by atoms with Gasteiger partial charge in [-0.2, -0.15) is 5.11 Å². The first-order chi connectivity index (χ1) is 7.27. The molecule has 0 saturated carbocycles. The molecular formula is C10H8N2O3. The average Bonchev–Trinajstić information content (AvgIpc) is 2.58. The monoisotopic (exact) mass is 204 g/mol. The van der Waals surface area contributed by atoms with Crippen LogP contribution < -0.4 is 0 Å². The lowest BCUT2D eigenvalue weighted by Gasteiger charge is -1.90. The van der Waals surface area contributed by atoms with Crippen molar-refractivity contribution in [3.63, 3.8) is 0 Å². The molecule has 0 atom stereocenters. The molecule has 0 saturated heterocycles. The number of aliphatic hydroxyl groups excluding tert-OH is 1. The molecule has 1 heterocycles. The van der Waals surface area contributed by atoms with Crippen LogP contribution in [0, 0.1) is 0 Å². The first-order valence-electron chi connectivity index (χ1n) is 4.33. The van der Waals surface area contributed by atoms with Crippen molar-refractivity contribution in [2.24, 2.45) is 10.2 Å². The second-order valence-electron chi connectivity index (χ2n) is 2.91. The first-order valence-corrected chi connectivity index (χ1v) is 4.33. The third-order valence-corrected chi connectivity index (χ3v) is 1.83. The molecule has 76 valence electrons. The highest BCUT2D eigenvalue weighted by Gasteiger charge is 2.24. The molecular weight excluding hydrogens is 196 g/mol. The van der Waals surface area contributed by atoms with E-state index in [2.05, 4.69) is 15.0 Å². The lowest BCUT2D eigenvalue weighted by molar-refractivity contribution is -0.136. The van der Waals surface area contributed by atoms with Crippen molar-refractivity contribution in [3.8, 4) is 0 Å². The predicted molar refractivity (Wildman–Crippen MR) is 51.6 cm³/mol. The summed E-state index contributed by atoms with van der Waals surface area (Å²) >= 11 is 0. The molecule has 1 N–H and O–H groups in total. The van der Waals surface area contributed by atoms with Gasteiger partial charge in [-0.05, 0) is 12.1 Å². The normalized spacial score (nSPS) is 16.1. The van der Waals surface area contributed by atoms with Gasteiger partial charge in [0.05, 0.1) is 5.69 Å². The first kappa shape index (κ1) is 9.39. The summed E-state index contributed by atoms with van der Waals surface area (Å²) in [5, 5.41) is 16.6. The summed E-state index contributed by atoms with van der Waals surface area (Å²) < 4.78 is 4.55. The number of cyclic esters (lactones) is 1. The highest BCUT2D eigenvalue weighted by atomic mass is 16.5. The van der Waals surface area contributed by atoms with Crippen molar-refractivity contribution in [3.05, 3.63) is 41.8 Å². The van der Waals surface area contributed by atoms with Gasteiger partial charge in [-0.25, -0.2) is 4.79 Å². The van der Waals surface area contributed by atoms with Crippen molar-refractivity contribution in [2.75, 3.05) is 6.61 Å². The molecule has 1 aromatic rings. The van der Waals surface area contributed by atoms with Gasteiger partial charge in [0.1, 0.15) is 0 Å². The summed E-state index contributed by atoms with van der Waals surface area (Å²) in [6.45, 7) is -0.123. The van der Waals surface area contributed by atoms with Gasteiger partial charge in [0.25, 0.3) is 0 Å². The number of benzene rings is 1. The number of carbonyl (C=O) groups is 1. The minimum atomic E-state index is -0.646. The highest BCUT2D eigenvalue weighted by molar-refractivity contribution is 5.90. The Morgan fingerprint density at radius 3 is 2.53 bits per heavy atom. The van der Waals surface area contributed by atoms with Crippen LogP contribution in [0.25, 0.3) is 0 Å². The summed E-state index contributed by atoms with van der Waals surface area (Å²) in [7, 11) is 0. The summed E-state index contributed by atoms with van der Waals surface area (Å²) in [4.78, 5) is 11.0. The van der Waals surface area contributed by atoms with Crippen LogP contribution in [-0.4, -0.2) is 17.7 Å². The number of ether oxygens (including phenoxy) is 1. The molecule has 5 heteroatoms. The Kier molecular flexibility index (Phi) is 2.45. The molecule has 2 rings (SSSR count). The van der Waals surface area contributed by atoms with Crippen LogP contribution in [0.4, 0.5) is 5.69 Å². The Balaban J connectivity index is 2.19. The zero-order chi connectivity index (χ0) is 10.7. The number of azo groups is 1. The van der Waals surface area contributed by atoms with Crippen molar-refractivity contribution >= 4 is 11.7 Å². The second-order valence-corrected chi connectivity index (χ2v) is 2.91. The maximum absolute atomic E-state index is 11.0. The number of esters is 1. The molecule has 0 bridgehead atoms. The van der Waals surface area contributed by atoms with E-state index in [1.807, 2.05) is 6.07 Å². The van der Waals surface area contributed by atoms with Gasteiger partial charge in [0, 0.05) is 0 Å². The van der Waals surface area contributed by atoms with Gasteiger partial charge in [-0.15, -0.1) is 5.11 Å². The van der Waals surface area contributed by atoms with E-state index >= 15 is 0 Å². The fourth-order valence-corrected chi connectivity index (χ4v) is 1.09. The SMILES string of the molecule is O=C1OCC(O)=C1N=Nc1ccccc1. The Bertz CT molecular complexity index is 437. The van der Waals surface area contributed by atoms with Crippen LogP contribution in [0.15, 0.2) is 52.0 Å². The molecule has 0 amide bonds. The Morgan fingerprint density at radius 1 is 1.20 bits per heavy atom. The lowest BCUT2D eigenvalue weighted by Crippen LogP contribution is -1.96. The number of nitrogens with zero attached hydrogens (tertiary/aromatic N) is 2. The molecule has 1 aromatic carbocycles. The van der Waals surface area contributed by atoms with Crippen LogP contribution in [0.2, 0.25) is 0 Å². The smallest absolute Gasteiger partial charge is 0.362 e. The predicted octanol–water partition coefficient (Wildman–Crippen LogP) is 2.10. The van der Waals surface area contributed by atoms with Crippen LogP contribution in [0.5, 0.6) is 0 Å². The standard InChI is InChI=1S/C10H8N2O3/c13-8-6-15-10(14)9(8)12-11-7-4-2-1-3-5-7/h1-5,13H,6H2. The maximum atomic E-state index is 11.0. The quantitative estimate of drug-likeness (QED) is 0.592. The molecule has 0 radical (unpaired) electrons. The van der Waals surface area contributed by atoms with E-state index < -0.39 is 5.97 Å². The minimum absolute atomic E-state index is 0.123. The van der Waals surface area contributed by atoms with Crippen LogP contribution in [0.1, 0.15) is 0 Å². The van der Waals surface area contributed by atoms with Crippen LogP contribution >= 0.6 is 0 Å². The van der Waals surface area contributed by atoms with Crippen LogP contribution in [0.3, 0.4) is 0 Å². The number of carbonyl (C=O) groups excluding carboxylic acids is 1. The van der Waals surface area contributed by atoms with Gasteiger partial charge < -0.3 is 9.84 Å². The van der Waals surface area contributed by atoms with E-state index in [4.69, 9.17) is 0 Å². The van der Waals surface area contributed by atoms with Crippen molar-refractivity contribution in [1.82, 2.24) is 0 Å².